The molecule has 0 saturated carbocycles. The normalized spacial score (nSPS) is 13.5. The van der Waals surface area contributed by atoms with Crippen molar-refractivity contribution in [1.29, 1.82) is 0 Å². The molecule has 106 valence electrons. The quantitative estimate of drug-likeness (QED) is 0.661. The smallest absolute Gasteiger partial charge is 0.224 e. The van der Waals surface area contributed by atoms with E-state index in [0.29, 0.717) is 34.7 Å². The molecule has 0 bridgehead atoms. The maximum atomic E-state index is 12.5. The minimum Gasteiger partial charge on any atom is -0.398 e. The van der Waals surface area contributed by atoms with E-state index in [2.05, 4.69) is 5.32 Å². The Labute approximate surface area is 126 Å². The summed E-state index contributed by atoms with van der Waals surface area (Å²) in [5.41, 5.74) is 8.91. The molecule has 1 aliphatic rings. The number of rotatable bonds is 2. The number of carbonyl (C=O) groups is 2. The number of benzene rings is 2. The lowest BCUT2D eigenvalue weighted by atomic mass is 9.96. The minimum absolute atomic E-state index is 0.00638. The van der Waals surface area contributed by atoms with E-state index in [1.54, 1.807) is 30.3 Å². The minimum atomic E-state index is -0.114. The first kappa shape index (κ1) is 13.6. The van der Waals surface area contributed by atoms with E-state index < -0.39 is 0 Å². The fourth-order valence-electron chi connectivity index (χ4n) is 2.36. The maximum Gasteiger partial charge on any atom is 0.224 e. The van der Waals surface area contributed by atoms with E-state index >= 15 is 0 Å². The monoisotopic (exact) mass is 300 g/mol. The highest BCUT2D eigenvalue weighted by Crippen LogP contribution is 2.26. The van der Waals surface area contributed by atoms with Crippen molar-refractivity contribution in [3.05, 3.63) is 58.1 Å². The number of nitrogens with one attached hydrogen (secondary N) is 1. The average molecular weight is 301 g/mol. The number of hydrogen-bond acceptors (Lipinski definition) is 3. The Balaban J connectivity index is 1.95. The first-order valence-electron chi connectivity index (χ1n) is 6.57. The van der Waals surface area contributed by atoms with Crippen LogP contribution in [-0.4, -0.2) is 11.7 Å². The van der Waals surface area contributed by atoms with Crippen molar-refractivity contribution in [2.45, 2.75) is 12.8 Å². The van der Waals surface area contributed by atoms with Crippen LogP contribution in [0.3, 0.4) is 0 Å². The van der Waals surface area contributed by atoms with Crippen molar-refractivity contribution in [3.8, 4) is 0 Å². The van der Waals surface area contributed by atoms with Crippen molar-refractivity contribution >= 4 is 34.7 Å². The number of nitrogens with two attached hydrogens (primary N) is 1. The number of halogens is 1. The summed E-state index contributed by atoms with van der Waals surface area (Å²) in [6.45, 7) is 0. The number of ketones is 1. The lowest BCUT2D eigenvalue weighted by Gasteiger charge is -2.17. The van der Waals surface area contributed by atoms with E-state index in [4.69, 9.17) is 17.3 Å². The molecule has 1 amide bonds. The highest BCUT2D eigenvalue weighted by atomic mass is 35.5. The van der Waals surface area contributed by atoms with Crippen LogP contribution in [0.15, 0.2) is 36.4 Å². The number of carbonyl (C=O) groups excluding carboxylic acids is 2. The van der Waals surface area contributed by atoms with Crippen LogP contribution in [0.1, 0.15) is 27.9 Å². The number of aryl methyl sites for hydroxylation is 1. The Kier molecular flexibility index (Phi) is 3.39. The Morgan fingerprint density at radius 3 is 2.57 bits per heavy atom. The van der Waals surface area contributed by atoms with Gasteiger partial charge in [-0.2, -0.15) is 0 Å². The van der Waals surface area contributed by atoms with Gasteiger partial charge in [0.1, 0.15) is 0 Å². The Morgan fingerprint density at radius 2 is 1.81 bits per heavy atom. The van der Waals surface area contributed by atoms with E-state index in [1.165, 1.54) is 0 Å². The molecular weight excluding hydrogens is 288 g/mol. The van der Waals surface area contributed by atoms with Gasteiger partial charge in [-0.05, 0) is 48.4 Å². The second-order valence-corrected chi connectivity index (χ2v) is 5.39. The highest BCUT2D eigenvalue weighted by molar-refractivity contribution is 6.33. The molecule has 2 aromatic rings. The van der Waals surface area contributed by atoms with Crippen LogP contribution in [0.4, 0.5) is 11.4 Å². The average Bonchev–Trinajstić information content (AvgIpc) is 2.49. The summed E-state index contributed by atoms with van der Waals surface area (Å²) in [7, 11) is 0. The van der Waals surface area contributed by atoms with E-state index in [9.17, 15) is 9.59 Å². The van der Waals surface area contributed by atoms with Crippen LogP contribution >= 0.6 is 11.6 Å². The zero-order valence-electron chi connectivity index (χ0n) is 11.2. The summed E-state index contributed by atoms with van der Waals surface area (Å²) in [6, 6.07) is 10.1. The van der Waals surface area contributed by atoms with Crippen molar-refractivity contribution in [2.75, 3.05) is 11.1 Å². The Morgan fingerprint density at radius 1 is 1.10 bits per heavy atom. The summed E-state index contributed by atoms with van der Waals surface area (Å²) in [4.78, 5) is 23.8. The van der Waals surface area contributed by atoms with Gasteiger partial charge in [-0.15, -0.1) is 0 Å². The molecule has 1 heterocycles. The number of hydrogen-bond donors (Lipinski definition) is 2. The molecular formula is C16H13ClN2O2. The van der Waals surface area contributed by atoms with Gasteiger partial charge in [0, 0.05) is 23.2 Å². The summed E-state index contributed by atoms with van der Waals surface area (Å²) >= 11 is 5.95. The number of fused-ring (bicyclic) bond motifs is 1. The third kappa shape index (κ3) is 2.62. The molecule has 0 atom stereocenters. The van der Waals surface area contributed by atoms with Crippen molar-refractivity contribution < 1.29 is 9.59 Å². The van der Waals surface area contributed by atoms with Gasteiger partial charge in [0.25, 0.3) is 0 Å². The second-order valence-electron chi connectivity index (χ2n) is 4.99. The summed E-state index contributed by atoms with van der Waals surface area (Å²) in [5, 5.41) is 3.16. The van der Waals surface area contributed by atoms with Crippen molar-refractivity contribution in [1.82, 2.24) is 0 Å². The molecule has 2 aromatic carbocycles. The molecule has 21 heavy (non-hydrogen) atoms. The van der Waals surface area contributed by atoms with Gasteiger partial charge in [-0.3, -0.25) is 9.59 Å². The highest BCUT2D eigenvalue weighted by Gasteiger charge is 2.17. The fourth-order valence-corrected chi connectivity index (χ4v) is 2.54. The van der Waals surface area contributed by atoms with Crippen LogP contribution in [0.25, 0.3) is 0 Å². The number of amides is 1. The molecule has 0 aromatic heterocycles. The predicted octanol–water partition coefficient (Wildman–Crippen LogP) is 3.04. The van der Waals surface area contributed by atoms with Crippen LogP contribution in [0.2, 0.25) is 5.02 Å². The SMILES string of the molecule is Nc1ccc(C(=O)c2ccc3c(c2)CCC(=O)N3)cc1Cl. The fraction of sp³-hybridized carbons (Fsp3) is 0.125. The van der Waals surface area contributed by atoms with Gasteiger partial charge in [0.15, 0.2) is 5.78 Å². The molecule has 3 N–H and O–H groups in total. The van der Waals surface area contributed by atoms with Crippen molar-refractivity contribution in [3.63, 3.8) is 0 Å². The van der Waals surface area contributed by atoms with Gasteiger partial charge >= 0.3 is 0 Å². The molecule has 0 aliphatic carbocycles. The van der Waals surface area contributed by atoms with E-state index in [0.717, 1.165) is 11.3 Å². The van der Waals surface area contributed by atoms with E-state index in [-0.39, 0.29) is 11.7 Å². The largest absolute Gasteiger partial charge is 0.398 e. The Bertz CT molecular complexity index is 756. The Hall–Kier alpha value is -2.33. The molecule has 0 spiro atoms. The first-order valence-corrected chi connectivity index (χ1v) is 6.95. The van der Waals surface area contributed by atoms with Crippen molar-refractivity contribution in [2.24, 2.45) is 0 Å². The summed E-state index contributed by atoms with van der Waals surface area (Å²) in [5.74, 6) is -0.108. The second kappa shape index (κ2) is 5.22. The van der Waals surface area contributed by atoms with Gasteiger partial charge in [0.2, 0.25) is 5.91 Å². The third-order valence-corrected chi connectivity index (χ3v) is 3.85. The topological polar surface area (TPSA) is 72.2 Å². The zero-order chi connectivity index (χ0) is 15.0. The molecule has 0 saturated heterocycles. The van der Waals surface area contributed by atoms with Crippen LogP contribution < -0.4 is 11.1 Å². The molecule has 0 fully saturated rings. The molecule has 5 heteroatoms. The summed E-state index contributed by atoms with van der Waals surface area (Å²) < 4.78 is 0. The van der Waals surface area contributed by atoms with Gasteiger partial charge in [-0.25, -0.2) is 0 Å². The third-order valence-electron chi connectivity index (χ3n) is 3.53. The van der Waals surface area contributed by atoms with E-state index in [1.807, 2.05) is 6.07 Å². The molecule has 4 nitrogen and oxygen atoms in total. The van der Waals surface area contributed by atoms with Crippen LogP contribution in [-0.2, 0) is 11.2 Å². The number of nitrogen functional groups attached to an aromatic ring is 1. The molecule has 1 aliphatic heterocycles. The first-order chi connectivity index (χ1) is 10.0. The van der Waals surface area contributed by atoms with Gasteiger partial charge in [0.05, 0.1) is 10.7 Å². The van der Waals surface area contributed by atoms with Gasteiger partial charge < -0.3 is 11.1 Å². The molecule has 3 rings (SSSR count). The molecule has 0 unspecified atom stereocenters. The number of anilines is 2. The lowest BCUT2D eigenvalue weighted by molar-refractivity contribution is -0.116. The standard InChI is InChI=1S/C16H13ClN2O2/c17-12-8-11(1-4-13(12)18)16(21)10-2-5-14-9(7-10)3-6-15(20)19-14/h1-2,4-5,7-8H,3,6,18H2,(H,19,20). The van der Waals surface area contributed by atoms with Crippen LogP contribution in [0.5, 0.6) is 0 Å². The zero-order valence-corrected chi connectivity index (χ0v) is 11.9. The van der Waals surface area contributed by atoms with Gasteiger partial charge in [-0.1, -0.05) is 11.6 Å². The lowest BCUT2D eigenvalue weighted by Crippen LogP contribution is -2.19. The predicted molar refractivity (Wildman–Crippen MR) is 82.7 cm³/mol. The molecule has 0 radical (unpaired) electrons. The summed E-state index contributed by atoms with van der Waals surface area (Å²) in [6.07, 6.45) is 1.09. The van der Waals surface area contributed by atoms with Crippen LogP contribution in [0, 0.1) is 0 Å². The maximum absolute atomic E-state index is 12.5.